The van der Waals surface area contributed by atoms with E-state index in [1.54, 1.807) is 18.2 Å². The van der Waals surface area contributed by atoms with Crippen molar-refractivity contribution in [2.24, 2.45) is 33.6 Å². The quantitative estimate of drug-likeness (QED) is 0.0888. The van der Waals surface area contributed by atoms with Crippen molar-refractivity contribution in [3.63, 3.8) is 0 Å². The molecule has 366 valence electrons. The van der Waals surface area contributed by atoms with Gasteiger partial charge in [-0.15, -0.1) is 6.54 Å². The number of benzene rings is 2. The van der Waals surface area contributed by atoms with Crippen LogP contribution in [0.4, 0.5) is 5.69 Å². The zero-order chi connectivity index (χ0) is 48.0. The van der Waals surface area contributed by atoms with Crippen LogP contribution < -0.4 is 41.8 Å². The van der Waals surface area contributed by atoms with Gasteiger partial charge in [-0.25, -0.2) is 10.9 Å². The van der Waals surface area contributed by atoms with Crippen LogP contribution in [0.25, 0.3) is 0 Å². The Kier molecular flexibility index (Phi) is 14.7. The minimum absolute atomic E-state index is 0.0391. The van der Waals surface area contributed by atoms with Crippen molar-refractivity contribution >= 4 is 34.8 Å². The molecular weight excluding hydrogens is 868 g/mol. The molecule has 2 aromatic carbocycles. The molecule has 1 saturated carbocycles. The molecule has 0 radical (unpaired) electrons. The van der Waals surface area contributed by atoms with Gasteiger partial charge < -0.3 is 30.1 Å². The van der Waals surface area contributed by atoms with E-state index in [2.05, 4.69) is 126 Å². The molecule has 16 nitrogen and oxygen atoms in total. The van der Waals surface area contributed by atoms with Gasteiger partial charge in [0.15, 0.2) is 6.17 Å². The van der Waals surface area contributed by atoms with Gasteiger partial charge in [0.2, 0.25) is 11.8 Å². The van der Waals surface area contributed by atoms with Crippen LogP contribution in [0.15, 0.2) is 47.5 Å². The van der Waals surface area contributed by atoms with Gasteiger partial charge in [0.1, 0.15) is 36.4 Å². The Morgan fingerprint density at radius 1 is 1.06 bits per heavy atom. The number of quaternary nitrogens is 1. The summed E-state index contributed by atoms with van der Waals surface area (Å²) in [7, 11) is 2.28. The first kappa shape index (κ1) is 49.5. The van der Waals surface area contributed by atoms with E-state index in [9.17, 15) is 20.1 Å². The molecule has 6 N–H and O–H groups in total. The van der Waals surface area contributed by atoms with Crippen LogP contribution in [-0.2, 0) is 9.59 Å². The fraction of sp³-hybridized carbons (Fsp3) is 0.660. The van der Waals surface area contributed by atoms with Gasteiger partial charge in [0.25, 0.3) is 0 Å². The highest BCUT2D eigenvalue weighted by Crippen LogP contribution is 2.55. The van der Waals surface area contributed by atoms with Crippen LogP contribution in [0.1, 0.15) is 92.2 Å². The van der Waals surface area contributed by atoms with E-state index in [0.717, 1.165) is 56.7 Å². The lowest BCUT2D eigenvalue weighted by atomic mass is 9.49. The summed E-state index contributed by atoms with van der Waals surface area (Å²) < 4.78 is 5.84. The smallest absolute Gasteiger partial charge is 0.225 e. The maximum absolute atomic E-state index is 14.5. The van der Waals surface area contributed by atoms with E-state index in [-0.39, 0.29) is 65.3 Å². The molecule has 17 heteroatoms. The van der Waals surface area contributed by atoms with Gasteiger partial charge in [-0.1, -0.05) is 83.5 Å². The molecule has 5 heterocycles. The second kappa shape index (κ2) is 19.8. The highest BCUT2D eigenvalue weighted by atomic mass is 35.5. The van der Waals surface area contributed by atoms with Crippen molar-refractivity contribution in [1.29, 1.82) is 5.26 Å². The van der Waals surface area contributed by atoms with Crippen molar-refractivity contribution in [1.82, 2.24) is 41.9 Å². The van der Waals surface area contributed by atoms with Crippen LogP contribution in [0.3, 0.4) is 0 Å². The molecule has 2 aromatic rings. The van der Waals surface area contributed by atoms with Crippen LogP contribution in [-0.4, -0.2) is 134 Å². The molecule has 0 bridgehead atoms. The average molecular weight is 943 g/mol. The maximum atomic E-state index is 14.5. The highest BCUT2D eigenvalue weighted by molar-refractivity contribution is 6.31. The van der Waals surface area contributed by atoms with Crippen LogP contribution in [0.5, 0.6) is 5.75 Å². The number of piperidine rings is 1. The number of anilines is 1. The summed E-state index contributed by atoms with van der Waals surface area (Å²) in [6.07, 6.45) is 2.08. The minimum atomic E-state index is -0.600. The fourth-order valence-electron chi connectivity index (χ4n) is 12.0. The van der Waals surface area contributed by atoms with Crippen molar-refractivity contribution < 1.29 is 19.0 Å². The lowest BCUT2D eigenvalue weighted by Gasteiger charge is -2.63. The number of carbonyl (C=O) groups is 2. The number of ether oxygens (including phenoxy) is 1. The molecule has 5 unspecified atom stereocenters. The highest BCUT2D eigenvalue weighted by Gasteiger charge is 2.64. The van der Waals surface area contributed by atoms with Gasteiger partial charge in [0.05, 0.1) is 22.9 Å². The summed E-state index contributed by atoms with van der Waals surface area (Å²) in [5, 5.41) is 37.7. The van der Waals surface area contributed by atoms with Crippen molar-refractivity contribution in [2.45, 2.75) is 130 Å². The number of hydrazine groups is 1. The summed E-state index contributed by atoms with van der Waals surface area (Å²) >= 11 is 6.29. The molecule has 8 rings (SSSR count). The maximum Gasteiger partial charge on any atom is 0.225 e. The number of hydrogen-bond acceptors (Lipinski definition) is 13. The first-order chi connectivity index (χ1) is 31.9. The van der Waals surface area contributed by atoms with Crippen molar-refractivity contribution in [3.8, 4) is 11.8 Å². The summed E-state index contributed by atoms with van der Waals surface area (Å²) in [5.41, 5.74) is 9.18. The van der Waals surface area contributed by atoms with Crippen LogP contribution >= 0.6 is 11.6 Å². The van der Waals surface area contributed by atoms with E-state index in [1.807, 2.05) is 20.4 Å². The average Bonchev–Trinajstić information content (AvgIpc) is 3.52. The normalized spacial score (nSPS) is 32.5. The summed E-state index contributed by atoms with van der Waals surface area (Å²) in [4.78, 5) is 39.3. The van der Waals surface area contributed by atoms with Gasteiger partial charge >= 0.3 is 0 Å². The summed E-state index contributed by atoms with van der Waals surface area (Å²) in [6, 6.07) is 16.3. The Labute approximate surface area is 403 Å². The number of aliphatic imine (C=N–C) groups is 1. The monoisotopic (exact) mass is 942 g/mol. The molecule has 67 heavy (non-hydrogen) atoms. The third-order valence-electron chi connectivity index (χ3n) is 16.2. The standard InChI is InChI=1S/C50H74ClN12O4/c1-10-30(3)39-29-63(66)31(4)58-59-44(63)41(23-42(64)53-11-2)56-43(39)32-12-15-36(16-13-32)62-27-37(28-62)60(9)35-18-20-61(21-19-35)48-54-25-34(26-55-48)45(65)57-46-49(5,6)47(50(46,7)8)67-38-17-14-33(24-52)40(51)22-38/h12-17,22,29-31,34-35,37,39,41,44,46-48,54-55,58-59H,10-11,18-21,23,25-28H2,1-9H3,(H,53,64)(H,57,65)/q-1/t30?,31?,34?,39?,41-,44?,46?,47?,48?,63?/m0/s1. The zero-order valence-electron chi connectivity index (χ0n) is 40.9. The van der Waals surface area contributed by atoms with E-state index < -0.39 is 23.0 Å². The Morgan fingerprint density at radius 3 is 2.34 bits per heavy atom. The number of nitrogens with one attached hydrogen (secondary N) is 6. The Morgan fingerprint density at radius 2 is 1.73 bits per heavy atom. The number of fused-ring (bicyclic) bond motifs is 1. The Balaban J connectivity index is 0.799. The first-order valence-corrected chi connectivity index (χ1v) is 25.0. The Bertz CT molecular complexity index is 2150. The molecule has 0 spiro atoms. The predicted molar refractivity (Wildman–Crippen MR) is 262 cm³/mol. The van der Waals surface area contributed by atoms with E-state index in [0.29, 0.717) is 48.1 Å². The van der Waals surface area contributed by atoms with E-state index in [1.165, 1.54) is 5.69 Å². The molecule has 0 aromatic heterocycles. The second-order valence-corrected chi connectivity index (χ2v) is 21.7. The van der Waals surface area contributed by atoms with Gasteiger partial charge in [0, 0.05) is 99.2 Å². The van der Waals surface area contributed by atoms with E-state index >= 15 is 0 Å². The lowest BCUT2D eigenvalue weighted by molar-refractivity contribution is -0.891. The molecular formula is C50H74ClN12O4-. The van der Waals surface area contributed by atoms with E-state index in [4.69, 9.17) is 21.3 Å². The largest absolute Gasteiger partial charge is 0.659 e. The molecule has 6 aliphatic rings. The molecule has 2 amide bonds. The summed E-state index contributed by atoms with van der Waals surface area (Å²) in [6.45, 7) is 24.2. The summed E-state index contributed by atoms with van der Waals surface area (Å²) in [5.74, 6) is 0.401. The molecule has 6 atom stereocenters. The SMILES string of the molecule is CCNC(=O)C[C@@H]1N=C(c2ccc(N3CC(N(C)C4CCN(C5NCC(C(=O)NC6C(C)(C)C(Oc7ccc(C#N)c(Cl)c7)C6(C)C)CN5)CC4)C3)cc2)C(C(C)CC)[CH-][N+]2([O-])C(C)NNC12. The fourth-order valence-corrected chi connectivity index (χ4v) is 12.2. The Hall–Kier alpha value is -3.89. The van der Waals surface area contributed by atoms with Crippen molar-refractivity contribution in [2.75, 3.05) is 57.8 Å². The lowest BCUT2D eigenvalue weighted by Crippen LogP contribution is -2.75. The van der Waals surface area contributed by atoms with Crippen LogP contribution in [0.2, 0.25) is 5.02 Å². The number of rotatable bonds is 14. The number of halogens is 1. The van der Waals surface area contributed by atoms with Gasteiger partial charge in [-0.2, -0.15) is 5.26 Å². The van der Waals surface area contributed by atoms with Gasteiger partial charge in [-0.05, 0) is 56.6 Å². The number of nitrogens with zero attached hydrogens (tertiary/aromatic N) is 6. The molecule has 1 aliphatic carbocycles. The molecule has 5 fully saturated rings. The number of amides is 2. The zero-order valence-corrected chi connectivity index (χ0v) is 41.7. The number of hydroxylamine groups is 3. The first-order valence-electron chi connectivity index (χ1n) is 24.6. The van der Waals surface area contributed by atoms with Crippen molar-refractivity contribution in [3.05, 3.63) is 70.4 Å². The topological polar surface area (TPSA) is 184 Å². The third-order valence-corrected chi connectivity index (χ3v) is 16.5. The molecule has 5 aliphatic heterocycles. The number of nitriles is 1. The third kappa shape index (κ3) is 9.70. The number of likely N-dealkylation sites (N-methyl/N-ethyl adjacent to an activating group) is 1. The second-order valence-electron chi connectivity index (χ2n) is 21.3. The van der Waals surface area contributed by atoms with Crippen LogP contribution in [0, 0.1) is 51.7 Å². The predicted octanol–water partition coefficient (Wildman–Crippen LogP) is 4.50. The number of carbonyl (C=O) groups excluding carboxylic acids is 2. The number of likely N-dealkylation sites (tertiary alicyclic amines) is 1. The molecule has 4 saturated heterocycles. The minimum Gasteiger partial charge on any atom is -0.659 e. The van der Waals surface area contributed by atoms with Gasteiger partial charge in [-0.3, -0.25) is 35.0 Å². The number of hydrogen-bond donors (Lipinski definition) is 6.